The Labute approximate surface area is 89.6 Å². The molecule has 4 nitrogen and oxygen atoms in total. The van der Waals surface area contributed by atoms with Crippen molar-refractivity contribution in [3.05, 3.63) is 30.3 Å². The zero-order chi connectivity index (χ0) is 10.7. The molecule has 0 spiro atoms. The molecule has 1 saturated heterocycles. The molecule has 1 heterocycles. The van der Waals surface area contributed by atoms with E-state index in [4.69, 9.17) is 4.74 Å². The number of hydrogen-bond donors (Lipinski definition) is 0. The molecule has 1 aromatic carbocycles. The molecule has 0 radical (unpaired) electrons. The standard InChI is InChI=1S/C10H10O4S/c11-10-13-6-8(14-10)7-15(12)9-4-2-1-3-5-9/h1-5,8H,6-7H2. The Hall–Kier alpha value is -1.36. The first-order valence-corrected chi connectivity index (χ1v) is 5.84. The number of carbonyl (C=O) groups excluding carboxylic acids is 1. The summed E-state index contributed by atoms with van der Waals surface area (Å²) < 4.78 is 21.2. The van der Waals surface area contributed by atoms with Gasteiger partial charge in [0.25, 0.3) is 0 Å². The van der Waals surface area contributed by atoms with Gasteiger partial charge in [0.15, 0.2) is 6.10 Å². The van der Waals surface area contributed by atoms with Crippen molar-refractivity contribution in [2.75, 3.05) is 12.4 Å². The lowest BCUT2D eigenvalue weighted by Crippen LogP contribution is -2.19. The van der Waals surface area contributed by atoms with Crippen molar-refractivity contribution < 1.29 is 18.5 Å². The van der Waals surface area contributed by atoms with E-state index in [0.29, 0.717) is 0 Å². The number of hydrogen-bond acceptors (Lipinski definition) is 4. The van der Waals surface area contributed by atoms with E-state index in [2.05, 4.69) is 4.74 Å². The summed E-state index contributed by atoms with van der Waals surface area (Å²) in [6, 6.07) is 9.08. The topological polar surface area (TPSA) is 52.6 Å². The summed E-state index contributed by atoms with van der Waals surface area (Å²) >= 11 is 0. The molecule has 15 heavy (non-hydrogen) atoms. The Morgan fingerprint density at radius 2 is 2.07 bits per heavy atom. The van der Waals surface area contributed by atoms with Gasteiger partial charge in [0.2, 0.25) is 0 Å². The van der Waals surface area contributed by atoms with E-state index in [1.807, 2.05) is 18.2 Å². The SMILES string of the molecule is O=C1OCC(CS(=O)c2ccccc2)O1. The maximum atomic E-state index is 11.8. The molecular formula is C10H10O4S. The van der Waals surface area contributed by atoms with Crippen LogP contribution in [0.15, 0.2) is 35.2 Å². The molecule has 2 rings (SSSR count). The summed E-state index contributed by atoms with van der Waals surface area (Å²) in [5.74, 6) is 0.287. The average molecular weight is 226 g/mol. The number of ether oxygens (including phenoxy) is 2. The van der Waals surface area contributed by atoms with Gasteiger partial charge in [0.05, 0.1) is 16.6 Å². The number of rotatable bonds is 3. The molecule has 1 aliphatic heterocycles. The van der Waals surface area contributed by atoms with Crippen LogP contribution in [0.2, 0.25) is 0 Å². The van der Waals surface area contributed by atoms with Gasteiger partial charge in [-0.2, -0.15) is 0 Å². The summed E-state index contributed by atoms with van der Waals surface area (Å²) in [6.45, 7) is 0.192. The Kier molecular flexibility index (Phi) is 3.01. The first-order chi connectivity index (χ1) is 7.25. The zero-order valence-electron chi connectivity index (χ0n) is 7.92. The van der Waals surface area contributed by atoms with E-state index >= 15 is 0 Å². The van der Waals surface area contributed by atoms with Gasteiger partial charge in [-0.25, -0.2) is 4.79 Å². The van der Waals surface area contributed by atoms with Crippen LogP contribution in [-0.2, 0) is 20.3 Å². The minimum Gasteiger partial charge on any atom is -0.430 e. The highest BCUT2D eigenvalue weighted by Gasteiger charge is 2.26. The number of benzene rings is 1. The van der Waals surface area contributed by atoms with Crippen molar-refractivity contribution >= 4 is 17.0 Å². The van der Waals surface area contributed by atoms with Gasteiger partial charge in [0, 0.05) is 4.90 Å². The fraction of sp³-hybridized carbons (Fsp3) is 0.300. The summed E-state index contributed by atoms with van der Waals surface area (Å²) in [7, 11) is -1.15. The van der Waals surface area contributed by atoms with E-state index in [9.17, 15) is 9.00 Å². The second-order valence-corrected chi connectivity index (χ2v) is 4.62. The van der Waals surface area contributed by atoms with Crippen molar-refractivity contribution in [1.29, 1.82) is 0 Å². The largest absolute Gasteiger partial charge is 0.508 e. The zero-order valence-corrected chi connectivity index (χ0v) is 8.74. The first kappa shape index (κ1) is 10.2. The van der Waals surface area contributed by atoms with Crippen LogP contribution in [0.4, 0.5) is 4.79 Å². The lowest BCUT2D eigenvalue weighted by Gasteiger charge is -2.05. The molecule has 1 aromatic rings. The highest BCUT2D eigenvalue weighted by molar-refractivity contribution is 7.85. The maximum Gasteiger partial charge on any atom is 0.508 e. The molecule has 0 saturated carbocycles. The van der Waals surface area contributed by atoms with Gasteiger partial charge in [0.1, 0.15) is 6.61 Å². The first-order valence-electron chi connectivity index (χ1n) is 4.52. The van der Waals surface area contributed by atoms with Gasteiger partial charge in [-0.05, 0) is 12.1 Å². The smallest absolute Gasteiger partial charge is 0.430 e. The molecule has 0 amide bonds. The molecule has 80 valence electrons. The molecule has 1 aliphatic rings. The highest BCUT2D eigenvalue weighted by Crippen LogP contribution is 2.12. The second-order valence-electron chi connectivity index (χ2n) is 3.13. The Bertz CT molecular complexity index is 376. The van der Waals surface area contributed by atoms with Crippen LogP contribution in [0, 0.1) is 0 Å². The summed E-state index contributed by atoms with van der Waals surface area (Å²) in [6.07, 6.45) is -1.07. The van der Waals surface area contributed by atoms with E-state index in [1.165, 1.54) is 0 Å². The lowest BCUT2D eigenvalue weighted by atomic mass is 10.4. The van der Waals surface area contributed by atoms with Gasteiger partial charge in [-0.1, -0.05) is 18.2 Å². The fourth-order valence-electron chi connectivity index (χ4n) is 1.28. The minimum absolute atomic E-state index is 0.192. The van der Waals surface area contributed by atoms with Crippen LogP contribution in [0.1, 0.15) is 0 Å². The molecule has 2 unspecified atom stereocenters. The monoisotopic (exact) mass is 226 g/mol. The molecule has 0 aliphatic carbocycles. The Morgan fingerprint density at radius 1 is 1.33 bits per heavy atom. The molecule has 2 atom stereocenters. The van der Waals surface area contributed by atoms with Gasteiger partial charge in [-0.15, -0.1) is 0 Å². The Morgan fingerprint density at radius 3 is 2.67 bits per heavy atom. The number of cyclic esters (lactones) is 2. The van der Waals surface area contributed by atoms with E-state index < -0.39 is 23.1 Å². The molecule has 1 fully saturated rings. The second kappa shape index (κ2) is 4.44. The molecule has 5 heteroatoms. The molecule has 0 aromatic heterocycles. The molecule has 0 N–H and O–H groups in total. The normalized spacial score (nSPS) is 21.9. The molecule has 0 bridgehead atoms. The van der Waals surface area contributed by atoms with E-state index in [-0.39, 0.29) is 12.4 Å². The van der Waals surface area contributed by atoms with E-state index in [1.54, 1.807) is 12.1 Å². The van der Waals surface area contributed by atoms with Gasteiger partial charge >= 0.3 is 6.16 Å². The van der Waals surface area contributed by atoms with Gasteiger partial charge < -0.3 is 9.47 Å². The molecular weight excluding hydrogens is 216 g/mol. The van der Waals surface area contributed by atoms with E-state index in [0.717, 1.165) is 4.90 Å². The minimum atomic E-state index is -1.15. The van der Waals surface area contributed by atoms with Crippen LogP contribution in [-0.4, -0.2) is 28.8 Å². The average Bonchev–Trinajstić information content (AvgIpc) is 2.65. The van der Waals surface area contributed by atoms with Crippen molar-refractivity contribution in [2.45, 2.75) is 11.0 Å². The predicted molar refractivity (Wildman–Crippen MR) is 53.9 cm³/mol. The third-order valence-corrected chi connectivity index (χ3v) is 3.47. The van der Waals surface area contributed by atoms with Crippen LogP contribution in [0.5, 0.6) is 0 Å². The third-order valence-electron chi connectivity index (χ3n) is 1.99. The summed E-state index contributed by atoms with van der Waals surface area (Å²) in [4.78, 5) is 11.4. The van der Waals surface area contributed by atoms with Crippen molar-refractivity contribution in [3.63, 3.8) is 0 Å². The van der Waals surface area contributed by atoms with Crippen LogP contribution < -0.4 is 0 Å². The summed E-state index contributed by atoms with van der Waals surface area (Å²) in [5.41, 5.74) is 0. The highest BCUT2D eigenvalue weighted by atomic mass is 32.2. The van der Waals surface area contributed by atoms with Gasteiger partial charge in [-0.3, -0.25) is 4.21 Å². The third kappa shape index (κ3) is 2.56. The van der Waals surface area contributed by atoms with Crippen LogP contribution in [0.3, 0.4) is 0 Å². The quantitative estimate of drug-likeness (QED) is 0.729. The Balaban J connectivity index is 1.96. The van der Waals surface area contributed by atoms with Crippen molar-refractivity contribution in [1.82, 2.24) is 0 Å². The fourth-order valence-corrected chi connectivity index (χ4v) is 2.44. The van der Waals surface area contributed by atoms with Crippen LogP contribution >= 0.6 is 0 Å². The number of carbonyl (C=O) groups is 1. The lowest BCUT2D eigenvalue weighted by molar-refractivity contribution is 0.122. The van der Waals surface area contributed by atoms with Crippen molar-refractivity contribution in [2.24, 2.45) is 0 Å². The maximum absolute atomic E-state index is 11.8. The summed E-state index contributed by atoms with van der Waals surface area (Å²) in [5, 5.41) is 0. The van der Waals surface area contributed by atoms with Crippen LogP contribution in [0.25, 0.3) is 0 Å². The predicted octanol–water partition coefficient (Wildman–Crippen LogP) is 1.33. The van der Waals surface area contributed by atoms with Crippen molar-refractivity contribution in [3.8, 4) is 0 Å².